The van der Waals surface area contributed by atoms with E-state index >= 15 is 0 Å². The highest BCUT2D eigenvalue weighted by molar-refractivity contribution is 5.96. The Morgan fingerprint density at radius 2 is 1.97 bits per heavy atom. The second-order valence-electron chi connectivity index (χ2n) is 8.18. The molecule has 2 saturated carbocycles. The lowest BCUT2D eigenvalue weighted by molar-refractivity contribution is -0.132. The van der Waals surface area contributed by atoms with Gasteiger partial charge in [0, 0.05) is 6.20 Å². The van der Waals surface area contributed by atoms with Crippen molar-refractivity contribution in [1.29, 1.82) is 5.26 Å². The van der Waals surface area contributed by atoms with Crippen molar-refractivity contribution in [2.45, 2.75) is 63.9 Å². The van der Waals surface area contributed by atoms with E-state index in [0.717, 1.165) is 25.7 Å². The van der Waals surface area contributed by atoms with E-state index in [1.807, 2.05) is 12.1 Å². The minimum Gasteiger partial charge on any atom is -0.489 e. The molecule has 0 amide bonds. The van der Waals surface area contributed by atoms with E-state index in [0.29, 0.717) is 35.5 Å². The number of nitriles is 1. The molecule has 2 aromatic heterocycles. The van der Waals surface area contributed by atoms with E-state index in [1.165, 1.54) is 38.2 Å². The highest BCUT2D eigenvalue weighted by Gasteiger charge is 2.24. The molecule has 2 fully saturated rings. The van der Waals surface area contributed by atoms with Gasteiger partial charge in [0.25, 0.3) is 0 Å². The number of carbonyl (C=O) groups is 1. The fourth-order valence-corrected chi connectivity index (χ4v) is 3.84. The molecule has 0 radical (unpaired) electrons. The van der Waals surface area contributed by atoms with Crippen molar-refractivity contribution in [3.05, 3.63) is 29.6 Å². The molecule has 0 unspecified atom stereocenters. The number of aliphatic carboxylic acids is 1. The molecule has 0 aromatic carbocycles. The van der Waals surface area contributed by atoms with E-state index in [1.54, 1.807) is 16.7 Å². The molecule has 30 heavy (non-hydrogen) atoms. The summed E-state index contributed by atoms with van der Waals surface area (Å²) in [5, 5.41) is 18.6. The van der Waals surface area contributed by atoms with Crippen LogP contribution in [0.25, 0.3) is 11.7 Å². The van der Waals surface area contributed by atoms with E-state index < -0.39 is 5.97 Å². The van der Waals surface area contributed by atoms with Crippen molar-refractivity contribution in [3.63, 3.8) is 0 Å². The quantitative estimate of drug-likeness (QED) is 0.530. The van der Waals surface area contributed by atoms with Crippen LogP contribution in [0, 0.1) is 17.2 Å². The lowest BCUT2D eigenvalue weighted by Crippen LogP contribution is -2.18. The molecule has 0 aliphatic heterocycles. The Morgan fingerprint density at radius 1 is 1.23 bits per heavy atom. The van der Waals surface area contributed by atoms with Gasteiger partial charge in [0.2, 0.25) is 5.88 Å². The lowest BCUT2D eigenvalue weighted by Gasteiger charge is -2.20. The summed E-state index contributed by atoms with van der Waals surface area (Å²) >= 11 is 0. The Hall–Kier alpha value is -3.01. The molecule has 4 rings (SSSR count). The number of carboxylic acid groups (broad SMARTS) is 1. The van der Waals surface area contributed by atoms with Crippen LogP contribution in [0.5, 0.6) is 11.6 Å². The van der Waals surface area contributed by atoms with Crippen molar-refractivity contribution < 1.29 is 19.4 Å². The fraction of sp³-hybridized carbons (Fsp3) is 0.522. The van der Waals surface area contributed by atoms with Gasteiger partial charge in [-0.2, -0.15) is 10.2 Å². The number of imidazole rings is 1. The highest BCUT2D eigenvalue weighted by Crippen LogP contribution is 2.33. The molecule has 2 aliphatic rings. The Balaban J connectivity index is 1.71. The summed E-state index contributed by atoms with van der Waals surface area (Å²) in [4.78, 5) is 16.1. The van der Waals surface area contributed by atoms with Gasteiger partial charge in [0.1, 0.15) is 23.4 Å². The first-order valence-electron chi connectivity index (χ1n) is 10.8. The molecule has 7 heteroatoms. The SMILES string of the molecule is N#CC(=Cc1c(OC2CCCCCCC2)nc2c(OCC3CC3)cccn12)C(=O)O. The maximum atomic E-state index is 11.4. The number of hydrogen-bond donors (Lipinski definition) is 1. The first-order chi connectivity index (χ1) is 14.7. The maximum Gasteiger partial charge on any atom is 0.346 e. The highest BCUT2D eigenvalue weighted by atomic mass is 16.5. The zero-order valence-corrected chi connectivity index (χ0v) is 17.0. The van der Waals surface area contributed by atoms with Gasteiger partial charge >= 0.3 is 5.97 Å². The number of fused-ring (bicyclic) bond motifs is 1. The van der Waals surface area contributed by atoms with Crippen LogP contribution in [0.2, 0.25) is 0 Å². The molecule has 2 heterocycles. The van der Waals surface area contributed by atoms with Gasteiger partial charge in [0.15, 0.2) is 11.4 Å². The molecule has 0 saturated heterocycles. The number of ether oxygens (including phenoxy) is 2. The van der Waals surface area contributed by atoms with Crippen molar-refractivity contribution in [1.82, 2.24) is 9.38 Å². The molecule has 2 aromatic rings. The van der Waals surface area contributed by atoms with E-state index in [-0.39, 0.29) is 11.7 Å². The van der Waals surface area contributed by atoms with Gasteiger partial charge in [-0.3, -0.25) is 4.40 Å². The summed E-state index contributed by atoms with van der Waals surface area (Å²) in [6.45, 7) is 0.648. The average Bonchev–Trinajstić information content (AvgIpc) is 3.47. The van der Waals surface area contributed by atoms with Gasteiger partial charge in [-0.1, -0.05) is 19.3 Å². The van der Waals surface area contributed by atoms with Crippen LogP contribution in [0.1, 0.15) is 63.5 Å². The van der Waals surface area contributed by atoms with Gasteiger partial charge in [0.05, 0.1) is 6.61 Å². The molecular formula is C23H27N3O4. The molecule has 0 atom stereocenters. The van der Waals surface area contributed by atoms with Crippen LogP contribution in [0.15, 0.2) is 23.9 Å². The Bertz CT molecular complexity index is 976. The molecule has 7 nitrogen and oxygen atoms in total. The second-order valence-corrected chi connectivity index (χ2v) is 8.18. The standard InChI is InChI=1S/C23H27N3O4/c24-14-17(23(27)28)13-19-22(30-18-7-4-2-1-3-5-8-18)25-21-20(9-6-12-26(19)21)29-15-16-10-11-16/h6,9,12-13,16,18H,1-5,7-8,10-11,15H2,(H,27,28). The number of carboxylic acids is 1. The Kier molecular flexibility index (Phi) is 6.22. The fourth-order valence-electron chi connectivity index (χ4n) is 3.84. The largest absolute Gasteiger partial charge is 0.489 e. The summed E-state index contributed by atoms with van der Waals surface area (Å²) in [6, 6.07) is 5.45. The Morgan fingerprint density at radius 3 is 2.63 bits per heavy atom. The van der Waals surface area contributed by atoms with E-state index in [4.69, 9.17) is 9.47 Å². The predicted octanol–water partition coefficient (Wildman–Crippen LogP) is 4.61. The summed E-state index contributed by atoms with van der Waals surface area (Å²) in [5.74, 6) is 0.324. The normalized spacial score (nSPS) is 18.4. The van der Waals surface area contributed by atoms with Crippen LogP contribution in [0.3, 0.4) is 0 Å². The molecule has 158 valence electrons. The van der Waals surface area contributed by atoms with Crippen molar-refractivity contribution in [2.24, 2.45) is 5.92 Å². The van der Waals surface area contributed by atoms with Crippen LogP contribution >= 0.6 is 0 Å². The van der Waals surface area contributed by atoms with Gasteiger partial charge in [-0.05, 0) is 62.7 Å². The molecule has 0 spiro atoms. The zero-order valence-electron chi connectivity index (χ0n) is 17.0. The van der Waals surface area contributed by atoms with Crippen LogP contribution in [-0.2, 0) is 4.79 Å². The van der Waals surface area contributed by atoms with Crippen molar-refractivity contribution in [2.75, 3.05) is 6.61 Å². The zero-order chi connectivity index (χ0) is 20.9. The smallest absolute Gasteiger partial charge is 0.346 e. The maximum absolute atomic E-state index is 11.4. The third-order valence-corrected chi connectivity index (χ3v) is 5.75. The number of aromatic nitrogens is 2. The topological polar surface area (TPSA) is 96.9 Å². The van der Waals surface area contributed by atoms with Crippen molar-refractivity contribution in [3.8, 4) is 17.7 Å². The van der Waals surface area contributed by atoms with Gasteiger partial charge in [-0.15, -0.1) is 0 Å². The monoisotopic (exact) mass is 409 g/mol. The number of hydrogen-bond acceptors (Lipinski definition) is 5. The van der Waals surface area contributed by atoms with Gasteiger partial charge in [-0.25, -0.2) is 4.79 Å². The summed E-state index contributed by atoms with van der Waals surface area (Å²) in [5.41, 5.74) is 0.680. The Labute approximate surface area is 175 Å². The number of nitrogens with zero attached hydrogens (tertiary/aromatic N) is 3. The molecule has 1 N–H and O–H groups in total. The predicted molar refractivity (Wildman–Crippen MR) is 111 cm³/mol. The molecular weight excluding hydrogens is 382 g/mol. The second kappa shape index (κ2) is 9.21. The molecule has 2 aliphatic carbocycles. The average molecular weight is 409 g/mol. The van der Waals surface area contributed by atoms with Crippen LogP contribution < -0.4 is 9.47 Å². The van der Waals surface area contributed by atoms with E-state index in [2.05, 4.69) is 4.98 Å². The minimum absolute atomic E-state index is 0.0357. The van der Waals surface area contributed by atoms with Gasteiger partial charge < -0.3 is 14.6 Å². The third kappa shape index (κ3) is 4.76. The summed E-state index contributed by atoms with van der Waals surface area (Å²) in [6.07, 6.45) is 13.3. The summed E-state index contributed by atoms with van der Waals surface area (Å²) < 4.78 is 14.0. The number of pyridine rings is 1. The van der Waals surface area contributed by atoms with Crippen LogP contribution in [-0.4, -0.2) is 33.2 Å². The minimum atomic E-state index is -1.27. The number of rotatable bonds is 7. The van der Waals surface area contributed by atoms with Crippen molar-refractivity contribution >= 4 is 17.7 Å². The van der Waals surface area contributed by atoms with Crippen LogP contribution in [0.4, 0.5) is 0 Å². The van der Waals surface area contributed by atoms with E-state index in [9.17, 15) is 15.2 Å². The lowest BCUT2D eigenvalue weighted by atomic mass is 9.98. The summed E-state index contributed by atoms with van der Waals surface area (Å²) in [7, 11) is 0. The molecule has 0 bridgehead atoms. The first kappa shape index (κ1) is 20.3. The first-order valence-corrected chi connectivity index (χ1v) is 10.8. The third-order valence-electron chi connectivity index (χ3n) is 5.75.